The first-order valence-corrected chi connectivity index (χ1v) is 35.9. The van der Waals surface area contributed by atoms with Crippen LogP contribution in [0.5, 0.6) is 0 Å². The van der Waals surface area contributed by atoms with E-state index >= 15 is 0 Å². The first-order valence-electron chi connectivity index (χ1n) is 35.9. The minimum absolute atomic E-state index is 0.0582. The second-order valence-corrected chi connectivity index (χ2v) is 24.7. The molecule has 0 bridgehead atoms. The van der Waals surface area contributed by atoms with Crippen LogP contribution in [0.15, 0.2) is 24.3 Å². The number of unbranched alkanes of at least 4 members (excludes halogenated alkanes) is 56. The summed E-state index contributed by atoms with van der Waals surface area (Å²) in [5.41, 5.74) is 0. The summed E-state index contributed by atoms with van der Waals surface area (Å²) in [5.74, 6) is -0.564. The van der Waals surface area contributed by atoms with Gasteiger partial charge in [0, 0.05) is 12.8 Å². The summed E-state index contributed by atoms with van der Waals surface area (Å²) in [7, 11) is 0. The molecule has 0 radical (unpaired) electrons. The molecular formula is C73H140O5. The molecule has 462 valence electrons. The van der Waals surface area contributed by atoms with Crippen LogP contribution in [0.1, 0.15) is 412 Å². The molecule has 1 unspecified atom stereocenters. The van der Waals surface area contributed by atoms with Gasteiger partial charge in [-0.3, -0.25) is 9.59 Å². The van der Waals surface area contributed by atoms with Crippen molar-refractivity contribution in [3.8, 4) is 0 Å². The van der Waals surface area contributed by atoms with Crippen molar-refractivity contribution >= 4 is 11.9 Å². The van der Waals surface area contributed by atoms with Crippen LogP contribution in [-0.2, 0) is 19.1 Å². The quantitative estimate of drug-likeness (QED) is 0.0373. The zero-order chi connectivity index (χ0) is 56.2. The largest absolute Gasteiger partial charge is 0.462 e. The Bertz CT molecular complexity index is 1200. The van der Waals surface area contributed by atoms with Gasteiger partial charge in [-0.05, 0) is 44.9 Å². The smallest absolute Gasteiger partial charge is 0.306 e. The van der Waals surface area contributed by atoms with Gasteiger partial charge in [0.25, 0.3) is 0 Å². The molecule has 1 N–H and O–H groups in total. The highest BCUT2D eigenvalue weighted by atomic mass is 16.6. The minimum atomic E-state index is -0.769. The monoisotopic (exact) mass is 1100 g/mol. The predicted molar refractivity (Wildman–Crippen MR) is 344 cm³/mol. The number of hydrogen-bond acceptors (Lipinski definition) is 5. The summed E-state index contributed by atoms with van der Waals surface area (Å²) < 4.78 is 10.8. The summed E-state index contributed by atoms with van der Waals surface area (Å²) >= 11 is 0. The lowest BCUT2D eigenvalue weighted by molar-refractivity contribution is -0.161. The molecule has 0 aromatic rings. The van der Waals surface area contributed by atoms with Gasteiger partial charge in [-0.2, -0.15) is 0 Å². The average Bonchev–Trinajstić information content (AvgIpc) is 3.44. The standard InChI is InChI=1S/C73H140O5/c1-3-5-7-9-11-13-15-17-19-21-23-25-27-29-31-33-34-35-36-37-38-40-41-43-45-47-49-51-53-55-57-59-61-63-65-67-72(75)77-70-71(69-74)78-73(76)68-66-64-62-60-58-56-54-52-50-48-46-44-42-39-32-30-28-26-24-22-20-18-16-14-12-10-8-6-4-2/h16,18,22,24,71,74H,3-15,17,19-21,23,25-70H2,1-2H3/b18-16-,24-22-. The molecule has 5 nitrogen and oxygen atoms in total. The fourth-order valence-electron chi connectivity index (χ4n) is 11.4. The van der Waals surface area contributed by atoms with Gasteiger partial charge in [-0.15, -0.1) is 0 Å². The Morgan fingerprint density at radius 3 is 0.756 bits per heavy atom. The molecule has 0 heterocycles. The summed E-state index contributed by atoms with van der Waals surface area (Å²) in [4.78, 5) is 24.7. The van der Waals surface area contributed by atoms with Gasteiger partial charge < -0.3 is 14.6 Å². The third kappa shape index (κ3) is 66.9. The maximum atomic E-state index is 12.4. The maximum absolute atomic E-state index is 12.4. The molecule has 0 saturated heterocycles. The van der Waals surface area contributed by atoms with Crippen LogP contribution < -0.4 is 0 Å². The van der Waals surface area contributed by atoms with Crippen molar-refractivity contribution in [3.05, 3.63) is 24.3 Å². The van der Waals surface area contributed by atoms with E-state index in [9.17, 15) is 14.7 Å². The normalized spacial score (nSPS) is 12.2. The first-order chi connectivity index (χ1) is 38.6. The Morgan fingerprint density at radius 1 is 0.295 bits per heavy atom. The number of ether oxygens (including phenoxy) is 2. The number of aliphatic hydroxyl groups excluding tert-OH is 1. The van der Waals surface area contributed by atoms with Crippen LogP contribution in [0, 0.1) is 0 Å². The van der Waals surface area contributed by atoms with Crippen LogP contribution in [-0.4, -0.2) is 36.4 Å². The van der Waals surface area contributed by atoms with Crippen molar-refractivity contribution in [3.63, 3.8) is 0 Å². The van der Waals surface area contributed by atoms with E-state index in [0.29, 0.717) is 12.8 Å². The van der Waals surface area contributed by atoms with E-state index in [1.54, 1.807) is 0 Å². The fraction of sp³-hybridized carbons (Fsp3) is 0.918. The van der Waals surface area contributed by atoms with Crippen LogP contribution in [0.2, 0.25) is 0 Å². The van der Waals surface area contributed by atoms with E-state index < -0.39 is 6.10 Å². The molecular weight excluding hydrogens is 957 g/mol. The molecule has 1 atom stereocenters. The number of allylic oxidation sites excluding steroid dienone is 4. The molecule has 0 amide bonds. The molecule has 5 heteroatoms. The van der Waals surface area contributed by atoms with Crippen molar-refractivity contribution in [2.75, 3.05) is 13.2 Å². The highest BCUT2D eigenvalue weighted by molar-refractivity contribution is 5.70. The summed E-state index contributed by atoms with van der Waals surface area (Å²) in [6.45, 7) is 4.20. The van der Waals surface area contributed by atoms with E-state index in [1.165, 1.54) is 347 Å². The Kier molecular flexibility index (Phi) is 68.2. The lowest BCUT2D eigenvalue weighted by atomic mass is 10.0. The van der Waals surface area contributed by atoms with Crippen molar-refractivity contribution in [2.24, 2.45) is 0 Å². The Morgan fingerprint density at radius 2 is 0.513 bits per heavy atom. The molecule has 0 aliphatic heterocycles. The number of carbonyl (C=O) groups excluding carboxylic acids is 2. The zero-order valence-electron chi connectivity index (χ0n) is 53.2. The van der Waals surface area contributed by atoms with Gasteiger partial charge in [0.15, 0.2) is 6.10 Å². The Labute approximate surface area is 489 Å². The maximum Gasteiger partial charge on any atom is 0.306 e. The van der Waals surface area contributed by atoms with Crippen molar-refractivity contribution in [2.45, 2.75) is 418 Å². The lowest BCUT2D eigenvalue weighted by Crippen LogP contribution is -2.28. The second kappa shape index (κ2) is 69.6. The van der Waals surface area contributed by atoms with Crippen LogP contribution >= 0.6 is 0 Å². The van der Waals surface area contributed by atoms with Gasteiger partial charge in [0.1, 0.15) is 6.61 Å². The number of hydrogen-bond donors (Lipinski definition) is 1. The SMILES string of the molecule is CCCCCCC/C=C\C/C=C\CCCCCCCCCCCCCCCCCCCC(=O)OC(CO)COC(=O)CCCCCCCCCCCCCCCCCCCCCCCCCCCCCCCCCCCCC. The lowest BCUT2D eigenvalue weighted by Gasteiger charge is -2.15. The number of carbonyl (C=O) groups is 2. The Balaban J connectivity index is 3.36. The van der Waals surface area contributed by atoms with E-state index in [4.69, 9.17) is 9.47 Å². The molecule has 0 rings (SSSR count). The first kappa shape index (κ1) is 76.4. The predicted octanol–water partition coefficient (Wildman–Crippen LogP) is 24.8. The number of rotatable bonds is 68. The average molecular weight is 1100 g/mol. The Hall–Kier alpha value is -1.62. The molecule has 0 aliphatic rings. The van der Waals surface area contributed by atoms with Gasteiger partial charge in [-0.25, -0.2) is 0 Å². The van der Waals surface area contributed by atoms with E-state index in [2.05, 4.69) is 38.2 Å². The van der Waals surface area contributed by atoms with E-state index in [1.807, 2.05) is 0 Å². The highest BCUT2D eigenvalue weighted by Gasteiger charge is 2.16. The molecule has 0 aliphatic carbocycles. The van der Waals surface area contributed by atoms with Crippen LogP contribution in [0.4, 0.5) is 0 Å². The molecule has 0 aromatic heterocycles. The van der Waals surface area contributed by atoms with Gasteiger partial charge in [0.05, 0.1) is 6.61 Å². The molecule has 0 aromatic carbocycles. The topological polar surface area (TPSA) is 72.8 Å². The van der Waals surface area contributed by atoms with E-state index in [-0.39, 0.29) is 25.2 Å². The highest BCUT2D eigenvalue weighted by Crippen LogP contribution is 2.19. The van der Waals surface area contributed by atoms with Gasteiger partial charge >= 0.3 is 11.9 Å². The third-order valence-electron chi connectivity index (χ3n) is 16.7. The van der Waals surface area contributed by atoms with Crippen molar-refractivity contribution < 1.29 is 24.2 Å². The molecule has 0 saturated carbocycles. The zero-order valence-corrected chi connectivity index (χ0v) is 53.2. The minimum Gasteiger partial charge on any atom is -0.462 e. The van der Waals surface area contributed by atoms with Crippen molar-refractivity contribution in [1.29, 1.82) is 0 Å². The molecule has 0 fully saturated rings. The summed E-state index contributed by atoms with van der Waals surface area (Å²) in [6.07, 6.45) is 90.9. The fourth-order valence-corrected chi connectivity index (χ4v) is 11.4. The third-order valence-corrected chi connectivity index (χ3v) is 16.7. The van der Waals surface area contributed by atoms with Crippen molar-refractivity contribution in [1.82, 2.24) is 0 Å². The van der Waals surface area contributed by atoms with E-state index in [0.717, 1.165) is 38.5 Å². The second-order valence-electron chi connectivity index (χ2n) is 24.7. The summed E-state index contributed by atoms with van der Waals surface area (Å²) in [6, 6.07) is 0. The van der Waals surface area contributed by atoms with Crippen LogP contribution in [0.3, 0.4) is 0 Å². The molecule has 78 heavy (non-hydrogen) atoms. The molecule has 0 spiro atoms. The number of esters is 2. The van der Waals surface area contributed by atoms with Crippen LogP contribution in [0.25, 0.3) is 0 Å². The summed E-state index contributed by atoms with van der Waals surface area (Å²) in [5, 5.41) is 9.70. The van der Waals surface area contributed by atoms with Gasteiger partial charge in [-0.1, -0.05) is 378 Å². The van der Waals surface area contributed by atoms with Gasteiger partial charge in [0.2, 0.25) is 0 Å². The number of aliphatic hydroxyl groups is 1.